The summed E-state index contributed by atoms with van der Waals surface area (Å²) in [7, 11) is 0. The molecule has 2 nitrogen and oxygen atoms in total. The summed E-state index contributed by atoms with van der Waals surface area (Å²) in [5.41, 5.74) is 0.365. The van der Waals surface area contributed by atoms with E-state index in [0.29, 0.717) is 5.54 Å². The van der Waals surface area contributed by atoms with Crippen LogP contribution in [0.4, 0.5) is 0 Å². The van der Waals surface area contributed by atoms with Crippen LogP contribution in [-0.4, -0.2) is 36.1 Å². The van der Waals surface area contributed by atoms with Gasteiger partial charge >= 0.3 is 0 Å². The normalized spacial score (nSPS) is 36.0. The van der Waals surface area contributed by atoms with E-state index in [1.807, 2.05) is 0 Å². The van der Waals surface area contributed by atoms with Crippen LogP contribution < -0.4 is 5.32 Å². The van der Waals surface area contributed by atoms with Crippen molar-refractivity contribution in [2.24, 2.45) is 0 Å². The van der Waals surface area contributed by atoms with Crippen molar-refractivity contribution >= 4 is 0 Å². The summed E-state index contributed by atoms with van der Waals surface area (Å²) in [5.74, 6) is 0. The van der Waals surface area contributed by atoms with Crippen molar-refractivity contribution in [2.45, 2.75) is 44.7 Å². The molecule has 2 heterocycles. The second kappa shape index (κ2) is 3.00. The molecule has 0 aromatic heterocycles. The first-order chi connectivity index (χ1) is 5.67. The van der Waals surface area contributed by atoms with Crippen LogP contribution in [0.15, 0.2) is 0 Å². The molecular weight excluding hydrogens is 148 g/mol. The first-order valence-corrected chi connectivity index (χ1v) is 5.16. The third-order valence-corrected chi connectivity index (χ3v) is 3.34. The second-order valence-corrected chi connectivity index (χ2v) is 4.85. The minimum atomic E-state index is 0.365. The van der Waals surface area contributed by atoms with Gasteiger partial charge in [0.2, 0.25) is 0 Å². The van der Waals surface area contributed by atoms with Crippen LogP contribution in [0.2, 0.25) is 0 Å². The minimum Gasteiger partial charge on any atom is -0.310 e. The van der Waals surface area contributed by atoms with E-state index < -0.39 is 0 Å². The molecule has 0 radical (unpaired) electrons. The van der Waals surface area contributed by atoms with Gasteiger partial charge < -0.3 is 5.32 Å². The highest BCUT2D eigenvalue weighted by molar-refractivity contribution is 4.90. The molecule has 0 saturated carbocycles. The average Bonchev–Trinajstić information content (AvgIpc) is 2.40. The maximum Gasteiger partial charge on any atom is 0.0221 e. The first-order valence-electron chi connectivity index (χ1n) is 5.16. The highest BCUT2D eigenvalue weighted by atomic mass is 15.2. The highest BCUT2D eigenvalue weighted by Crippen LogP contribution is 2.22. The number of fused-ring (bicyclic) bond motifs is 1. The van der Waals surface area contributed by atoms with Gasteiger partial charge in [-0.05, 0) is 39.7 Å². The van der Waals surface area contributed by atoms with E-state index in [2.05, 4.69) is 24.1 Å². The molecule has 1 N–H and O–H groups in total. The van der Waals surface area contributed by atoms with Crippen molar-refractivity contribution in [1.29, 1.82) is 0 Å². The Kier molecular flexibility index (Phi) is 2.13. The van der Waals surface area contributed by atoms with E-state index in [-0.39, 0.29) is 0 Å². The van der Waals surface area contributed by atoms with Gasteiger partial charge in [0.05, 0.1) is 0 Å². The van der Waals surface area contributed by atoms with Crippen molar-refractivity contribution in [3.05, 3.63) is 0 Å². The maximum absolute atomic E-state index is 3.65. The molecule has 0 aromatic rings. The number of nitrogens with one attached hydrogen (secondary N) is 1. The van der Waals surface area contributed by atoms with Crippen molar-refractivity contribution in [2.75, 3.05) is 19.6 Å². The Morgan fingerprint density at radius 2 is 2.17 bits per heavy atom. The standard InChI is InChI=1S/C10H20N2/c1-10(2)5-7-12-6-3-4-9(12)8-11-10/h9,11H,3-8H2,1-2H3/t9-/m1/s1. The fourth-order valence-electron chi connectivity index (χ4n) is 2.33. The van der Waals surface area contributed by atoms with Crippen LogP contribution in [0.5, 0.6) is 0 Å². The monoisotopic (exact) mass is 168 g/mol. The van der Waals surface area contributed by atoms with Gasteiger partial charge in [-0.2, -0.15) is 0 Å². The molecule has 0 amide bonds. The van der Waals surface area contributed by atoms with Gasteiger partial charge in [-0.1, -0.05) is 0 Å². The zero-order chi connectivity index (χ0) is 8.60. The van der Waals surface area contributed by atoms with Crippen molar-refractivity contribution in [3.63, 3.8) is 0 Å². The van der Waals surface area contributed by atoms with Gasteiger partial charge in [-0.25, -0.2) is 0 Å². The molecule has 0 aromatic carbocycles. The van der Waals surface area contributed by atoms with E-state index in [0.717, 1.165) is 6.04 Å². The highest BCUT2D eigenvalue weighted by Gasteiger charge is 2.31. The van der Waals surface area contributed by atoms with Gasteiger partial charge in [-0.3, -0.25) is 4.90 Å². The number of hydrogen-bond acceptors (Lipinski definition) is 2. The summed E-state index contributed by atoms with van der Waals surface area (Å²) in [6, 6.07) is 0.840. The first kappa shape index (κ1) is 8.52. The summed E-state index contributed by atoms with van der Waals surface area (Å²) in [6.45, 7) is 8.46. The minimum absolute atomic E-state index is 0.365. The Balaban J connectivity index is 1.99. The van der Waals surface area contributed by atoms with Gasteiger partial charge in [0, 0.05) is 24.7 Å². The van der Waals surface area contributed by atoms with Gasteiger partial charge in [0.1, 0.15) is 0 Å². The quantitative estimate of drug-likeness (QED) is 0.585. The zero-order valence-corrected chi connectivity index (χ0v) is 8.27. The Labute approximate surface area is 75.3 Å². The van der Waals surface area contributed by atoms with Crippen LogP contribution >= 0.6 is 0 Å². The van der Waals surface area contributed by atoms with Crippen LogP contribution in [-0.2, 0) is 0 Å². The molecule has 2 aliphatic heterocycles. The van der Waals surface area contributed by atoms with Crippen molar-refractivity contribution in [3.8, 4) is 0 Å². The lowest BCUT2D eigenvalue weighted by Gasteiger charge is -2.23. The SMILES string of the molecule is CC1(C)CCN2CCC[C@@H]2CN1. The van der Waals surface area contributed by atoms with E-state index in [9.17, 15) is 0 Å². The molecule has 0 spiro atoms. The van der Waals surface area contributed by atoms with E-state index >= 15 is 0 Å². The summed E-state index contributed by atoms with van der Waals surface area (Å²) in [6.07, 6.45) is 4.11. The molecule has 2 saturated heterocycles. The molecule has 70 valence electrons. The second-order valence-electron chi connectivity index (χ2n) is 4.85. The molecule has 2 fully saturated rings. The molecule has 2 heteroatoms. The van der Waals surface area contributed by atoms with Crippen LogP contribution in [0.25, 0.3) is 0 Å². The van der Waals surface area contributed by atoms with E-state index in [1.165, 1.54) is 38.9 Å². The fourth-order valence-corrected chi connectivity index (χ4v) is 2.33. The summed E-state index contributed by atoms with van der Waals surface area (Å²) < 4.78 is 0. The van der Waals surface area contributed by atoms with Crippen LogP contribution in [0.3, 0.4) is 0 Å². The van der Waals surface area contributed by atoms with Gasteiger partial charge in [0.15, 0.2) is 0 Å². The number of hydrogen-bond donors (Lipinski definition) is 1. The Hall–Kier alpha value is -0.0800. The molecule has 0 aliphatic carbocycles. The molecule has 0 unspecified atom stereocenters. The number of rotatable bonds is 0. The lowest BCUT2D eigenvalue weighted by atomic mass is 10.0. The van der Waals surface area contributed by atoms with Crippen LogP contribution in [0.1, 0.15) is 33.1 Å². The van der Waals surface area contributed by atoms with Gasteiger partial charge in [-0.15, -0.1) is 0 Å². The summed E-state index contributed by atoms with van der Waals surface area (Å²) >= 11 is 0. The molecular formula is C10H20N2. The van der Waals surface area contributed by atoms with Crippen molar-refractivity contribution in [1.82, 2.24) is 10.2 Å². The molecule has 2 aliphatic rings. The molecule has 2 rings (SSSR count). The predicted octanol–water partition coefficient (Wildman–Crippen LogP) is 1.22. The molecule has 0 bridgehead atoms. The third kappa shape index (κ3) is 1.64. The topological polar surface area (TPSA) is 15.3 Å². The van der Waals surface area contributed by atoms with Gasteiger partial charge in [0.25, 0.3) is 0 Å². The maximum atomic E-state index is 3.65. The van der Waals surface area contributed by atoms with E-state index in [1.54, 1.807) is 0 Å². The third-order valence-electron chi connectivity index (χ3n) is 3.34. The average molecular weight is 168 g/mol. The summed E-state index contributed by atoms with van der Waals surface area (Å²) in [5, 5.41) is 3.65. The number of nitrogens with zero attached hydrogens (tertiary/aromatic N) is 1. The lowest BCUT2D eigenvalue weighted by Crippen LogP contribution is -2.41. The zero-order valence-electron chi connectivity index (χ0n) is 8.27. The van der Waals surface area contributed by atoms with Crippen molar-refractivity contribution < 1.29 is 0 Å². The molecule has 12 heavy (non-hydrogen) atoms. The molecule has 1 atom stereocenters. The Morgan fingerprint density at radius 1 is 1.33 bits per heavy atom. The fraction of sp³-hybridized carbons (Fsp3) is 1.00. The smallest absolute Gasteiger partial charge is 0.0221 e. The Morgan fingerprint density at radius 3 is 3.00 bits per heavy atom. The predicted molar refractivity (Wildman–Crippen MR) is 51.3 cm³/mol. The Bertz CT molecular complexity index is 149. The van der Waals surface area contributed by atoms with Crippen LogP contribution in [0, 0.1) is 0 Å². The largest absolute Gasteiger partial charge is 0.310 e. The summed E-state index contributed by atoms with van der Waals surface area (Å²) in [4.78, 5) is 2.65. The lowest BCUT2D eigenvalue weighted by molar-refractivity contribution is 0.268. The van der Waals surface area contributed by atoms with E-state index in [4.69, 9.17) is 0 Å².